The summed E-state index contributed by atoms with van der Waals surface area (Å²) in [6, 6.07) is 7.26. The van der Waals surface area contributed by atoms with Gasteiger partial charge in [-0.05, 0) is 17.4 Å². The standard InChI is InChI=1S/C17H23NO3/c1-17(2,3)14-6-4-13(5-7-14)15(19)16(20)18-10-12-8-9-21-11-12/h4-7,12H,8-11H2,1-3H3,(H,18,20)/t12-/m1/s1. The van der Waals surface area contributed by atoms with Crippen LogP contribution < -0.4 is 5.32 Å². The van der Waals surface area contributed by atoms with Crippen molar-refractivity contribution in [2.75, 3.05) is 19.8 Å². The number of carbonyl (C=O) groups excluding carboxylic acids is 2. The molecule has 114 valence electrons. The van der Waals surface area contributed by atoms with E-state index < -0.39 is 11.7 Å². The van der Waals surface area contributed by atoms with Crippen LogP contribution in [0.2, 0.25) is 0 Å². The van der Waals surface area contributed by atoms with Crippen LogP contribution in [0, 0.1) is 5.92 Å². The number of nitrogens with one attached hydrogen (secondary N) is 1. The lowest BCUT2D eigenvalue weighted by atomic mass is 9.86. The van der Waals surface area contributed by atoms with Crippen LogP contribution in [-0.2, 0) is 14.9 Å². The predicted molar refractivity (Wildman–Crippen MR) is 81.4 cm³/mol. The molecule has 0 spiro atoms. The molecule has 1 amide bonds. The zero-order valence-electron chi connectivity index (χ0n) is 12.9. The van der Waals surface area contributed by atoms with E-state index in [4.69, 9.17) is 4.74 Å². The summed E-state index contributed by atoms with van der Waals surface area (Å²) < 4.78 is 5.24. The third-order valence-corrected chi connectivity index (χ3v) is 3.79. The quantitative estimate of drug-likeness (QED) is 0.683. The Morgan fingerprint density at radius 2 is 1.90 bits per heavy atom. The van der Waals surface area contributed by atoms with Crippen molar-refractivity contribution < 1.29 is 14.3 Å². The lowest BCUT2D eigenvalue weighted by molar-refractivity contribution is -0.117. The van der Waals surface area contributed by atoms with Gasteiger partial charge in [0.15, 0.2) is 0 Å². The van der Waals surface area contributed by atoms with Crippen LogP contribution in [-0.4, -0.2) is 31.4 Å². The fourth-order valence-corrected chi connectivity index (χ4v) is 2.31. The average Bonchev–Trinajstić information content (AvgIpc) is 2.96. The molecule has 1 fully saturated rings. The van der Waals surface area contributed by atoms with Gasteiger partial charge in [0.05, 0.1) is 6.61 Å². The molecule has 0 saturated carbocycles. The van der Waals surface area contributed by atoms with Crippen molar-refractivity contribution in [3.63, 3.8) is 0 Å². The van der Waals surface area contributed by atoms with E-state index in [1.807, 2.05) is 12.1 Å². The Morgan fingerprint density at radius 1 is 1.24 bits per heavy atom. The lowest BCUT2D eigenvalue weighted by Crippen LogP contribution is -2.35. The van der Waals surface area contributed by atoms with Crippen molar-refractivity contribution in [3.8, 4) is 0 Å². The maximum absolute atomic E-state index is 12.1. The van der Waals surface area contributed by atoms with Gasteiger partial charge in [0.25, 0.3) is 5.91 Å². The minimum atomic E-state index is -0.537. The molecule has 0 unspecified atom stereocenters. The summed E-state index contributed by atoms with van der Waals surface area (Å²) in [6.45, 7) is 8.24. The molecule has 21 heavy (non-hydrogen) atoms. The summed E-state index contributed by atoms with van der Waals surface area (Å²) >= 11 is 0. The molecule has 0 aliphatic carbocycles. The van der Waals surface area contributed by atoms with Gasteiger partial charge in [-0.1, -0.05) is 45.0 Å². The van der Waals surface area contributed by atoms with Crippen molar-refractivity contribution in [1.29, 1.82) is 0 Å². The number of amides is 1. The second kappa shape index (κ2) is 6.39. The molecule has 2 rings (SSSR count). The molecular weight excluding hydrogens is 266 g/mol. The molecule has 4 heteroatoms. The molecule has 1 aliphatic heterocycles. The van der Waals surface area contributed by atoms with Gasteiger partial charge in [-0.3, -0.25) is 9.59 Å². The SMILES string of the molecule is CC(C)(C)c1ccc(C(=O)C(=O)NC[C@H]2CCOC2)cc1. The normalized spacial score (nSPS) is 18.5. The Morgan fingerprint density at radius 3 is 2.43 bits per heavy atom. The summed E-state index contributed by atoms with van der Waals surface area (Å²) in [5.74, 6) is -0.690. The number of ketones is 1. The number of benzene rings is 1. The van der Waals surface area contributed by atoms with Gasteiger partial charge in [0.1, 0.15) is 0 Å². The van der Waals surface area contributed by atoms with E-state index in [1.54, 1.807) is 12.1 Å². The molecule has 1 aromatic rings. The summed E-state index contributed by atoms with van der Waals surface area (Å²) in [4.78, 5) is 23.9. The van der Waals surface area contributed by atoms with E-state index in [0.29, 0.717) is 24.6 Å². The smallest absolute Gasteiger partial charge is 0.292 e. The van der Waals surface area contributed by atoms with Crippen molar-refractivity contribution in [2.45, 2.75) is 32.6 Å². The van der Waals surface area contributed by atoms with Crippen LogP contribution >= 0.6 is 0 Å². The van der Waals surface area contributed by atoms with Crippen molar-refractivity contribution >= 4 is 11.7 Å². The Balaban J connectivity index is 1.94. The predicted octanol–water partition coefficient (Wildman–Crippen LogP) is 2.32. The highest BCUT2D eigenvalue weighted by atomic mass is 16.5. The Hall–Kier alpha value is -1.68. The van der Waals surface area contributed by atoms with E-state index in [9.17, 15) is 9.59 Å². The van der Waals surface area contributed by atoms with Crippen molar-refractivity contribution in [3.05, 3.63) is 35.4 Å². The van der Waals surface area contributed by atoms with Crippen LogP contribution in [0.4, 0.5) is 0 Å². The van der Waals surface area contributed by atoms with E-state index >= 15 is 0 Å². The summed E-state index contributed by atoms with van der Waals surface area (Å²) in [5, 5.41) is 2.70. The highest BCUT2D eigenvalue weighted by Gasteiger charge is 2.21. The fourth-order valence-electron chi connectivity index (χ4n) is 2.31. The third kappa shape index (κ3) is 4.14. The van der Waals surface area contributed by atoms with Crippen LogP contribution in [0.15, 0.2) is 24.3 Å². The van der Waals surface area contributed by atoms with Crippen molar-refractivity contribution in [1.82, 2.24) is 5.32 Å². The molecule has 1 aliphatic rings. The van der Waals surface area contributed by atoms with E-state index in [-0.39, 0.29) is 5.41 Å². The first-order chi connectivity index (χ1) is 9.88. The number of hydrogen-bond acceptors (Lipinski definition) is 3. The first-order valence-electron chi connectivity index (χ1n) is 7.39. The van der Waals surface area contributed by atoms with Crippen LogP contribution in [0.25, 0.3) is 0 Å². The fraction of sp³-hybridized carbons (Fsp3) is 0.529. The second-order valence-electron chi connectivity index (χ2n) is 6.60. The van der Waals surface area contributed by atoms with E-state index in [0.717, 1.165) is 18.6 Å². The topological polar surface area (TPSA) is 55.4 Å². The number of carbonyl (C=O) groups is 2. The number of Topliss-reactive ketones (excluding diaryl/α,β-unsaturated/α-hetero) is 1. The lowest BCUT2D eigenvalue weighted by Gasteiger charge is -2.18. The number of rotatable bonds is 4. The Labute approximate surface area is 125 Å². The monoisotopic (exact) mass is 289 g/mol. The van der Waals surface area contributed by atoms with E-state index in [2.05, 4.69) is 26.1 Å². The molecule has 0 radical (unpaired) electrons. The minimum Gasteiger partial charge on any atom is -0.381 e. The molecule has 1 aromatic carbocycles. The van der Waals surface area contributed by atoms with Crippen molar-refractivity contribution in [2.24, 2.45) is 5.92 Å². The van der Waals surface area contributed by atoms with Gasteiger partial charge < -0.3 is 10.1 Å². The Bertz CT molecular complexity index is 508. The molecule has 4 nitrogen and oxygen atoms in total. The zero-order valence-corrected chi connectivity index (χ0v) is 12.9. The number of ether oxygens (including phenoxy) is 1. The molecule has 1 N–H and O–H groups in total. The zero-order chi connectivity index (χ0) is 15.5. The van der Waals surface area contributed by atoms with Gasteiger partial charge in [-0.15, -0.1) is 0 Å². The third-order valence-electron chi connectivity index (χ3n) is 3.79. The molecule has 0 bridgehead atoms. The summed E-state index contributed by atoms with van der Waals surface area (Å²) in [6.07, 6.45) is 0.939. The minimum absolute atomic E-state index is 0.0340. The van der Waals surface area contributed by atoms with Gasteiger partial charge >= 0.3 is 0 Å². The van der Waals surface area contributed by atoms with Crippen LogP contribution in [0.1, 0.15) is 43.1 Å². The van der Waals surface area contributed by atoms with Gasteiger partial charge in [0.2, 0.25) is 5.78 Å². The first kappa shape index (κ1) is 15.7. The molecular formula is C17H23NO3. The van der Waals surface area contributed by atoms with Crippen LogP contribution in [0.3, 0.4) is 0 Å². The molecule has 0 aromatic heterocycles. The Kier molecular flexibility index (Phi) is 4.78. The van der Waals surface area contributed by atoms with Crippen LogP contribution in [0.5, 0.6) is 0 Å². The van der Waals surface area contributed by atoms with Gasteiger partial charge in [0, 0.05) is 24.6 Å². The summed E-state index contributed by atoms with van der Waals surface area (Å²) in [5.41, 5.74) is 1.61. The molecule has 1 atom stereocenters. The number of hydrogen-bond donors (Lipinski definition) is 1. The first-order valence-corrected chi connectivity index (χ1v) is 7.39. The van der Waals surface area contributed by atoms with E-state index in [1.165, 1.54) is 0 Å². The summed E-state index contributed by atoms with van der Waals surface area (Å²) in [7, 11) is 0. The maximum Gasteiger partial charge on any atom is 0.292 e. The highest BCUT2D eigenvalue weighted by molar-refractivity contribution is 6.42. The largest absolute Gasteiger partial charge is 0.381 e. The maximum atomic E-state index is 12.1. The second-order valence-corrected chi connectivity index (χ2v) is 6.60. The van der Waals surface area contributed by atoms with Gasteiger partial charge in [-0.2, -0.15) is 0 Å². The molecule has 1 saturated heterocycles. The highest BCUT2D eigenvalue weighted by Crippen LogP contribution is 2.22. The average molecular weight is 289 g/mol. The van der Waals surface area contributed by atoms with Gasteiger partial charge in [-0.25, -0.2) is 0 Å². The molecule has 1 heterocycles.